The van der Waals surface area contributed by atoms with Crippen LogP contribution in [0.1, 0.15) is 49.6 Å². The van der Waals surface area contributed by atoms with E-state index in [4.69, 9.17) is 15.1 Å². The zero-order valence-corrected chi connectivity index (χ0v) is 13.0. The van der Waals surface area contributed by atoms with Crippen LogP contribution in [-0.4, -0.2) is 51.4 Å². The molecule has 1 saturated heterocycles. The molecule has 24 heavy (non-hydrogen) atoms. The van der Waals surface area contributed by atoms with Gasteiger partial charge in [0.15, 0.2) is 5.82 Å². The predicted octanol–water partition coefficient (Wildman–Crippen LogP) is 2.08. The van der Waals surface area contributed by atoms with E-state index in [1.54, 1.807) is 0 Å². The molecule has 0 unspecified atom stereocenters. The third-order valence-electron chi connectivity index (χ3n) is 3.22. The van der Waals surface area contributed by atoms with Gasteiger partial charge in [-0.1, -0.05) is 6.92 Å². The van der Waals surface area contributed by atoms with Crippen molar-refractivity contribution in [3.63, 3.8) is 0 Å². The first-order chi connectivity index (χ1) is 15.8. The van der Waals surface area contributed by atoms with Crippen molar-refractivity contribution < 1.29 is 23.6 Å². The summed E-state index contributed by atoms with van der Waals surface area (Å²) in [5.74, 6) is -4.65. The Balaban J connectivity index is 2.41. The quantitative estimate of drug-likeness (QED) is 0.924. The second-order valence-electron chi connectivity index (χ2n) is 5.00. The molecule has 126 valence electrons. The average molecular weight is 337 g/mol. The van der Waals surface area contributed by atoms with Gasteiger partial charge in [0, 0.05) is 34.2 Å². The molecule has 6 heteroatoms. The SMILES string of the molecule is [2H]OC([2H])([2H])[C@@]1([2H])N(C(=O)c2nc(C)ccc2-c2ncccn2)C([2H])([2H])[C@@]([2H])(C)C([2H])([2H])C1([2H])[2H]. The number of carbonyl (C=O) groups is 1. The maximum atomic E-state index is 13.9. The Hall–Kier alpha value is -2.34. The molecule has 3 rings (SSSR count). The van der Waals surface area contributed by atoms with Crippen LogP contribution in [0.25, 0.3) is 11.4 Å². The van der Waals surface area contributed by atoms with Gasteiger partial charge in [-0.3, -0.25) is 4.79 Å². The lowest BCUT2D eigenvalue weighted by Crippen LogP contribution is -2.48. The van der Waals surface area contributed by atoms with Gasteiger partial charge < -0.3 is 10.0 Å². The lowest BCUT2D eigenvalue weighted by Gasteiger charge is -2.37. The molecule has 3 heterocycles. The molecule has 1 amide bonds. The van der Waals surface area contributed by atoms with Crippen LogP contribution >= 0.6 is 0 Å². The molecular formula is C18H22N4O2. The maximum absolute atomic E-state index is 13.9. The van der Waals surface area contributed by atoms with Crippen LogP contribution in [0.2, 0.25) is 0 Å². The fourth-order valence-corrected chi connectivity index (χ4v) is 2.13. The van der Waals surface area contributed by atoms with Gasteiger partial charge in [-0.2, -0.15) is 0 Å². The average Bonchev–Trinajstić information content (AvgIpc) is 2.78. The fourth-order valence-electron chi connectivity index (χ4n) is 2.13. The van der Waals surface area contributed by atoms with Gasteiger partial charge in [0.05, 0.1) is 22.3 Å². The first kappa shape index (κ1) is 7.70. The minimum Gasteiger partial charge on any atom is -0.394 e. The van der Waals surface area contributed by atoms with E-state index in [0.29, 0.717) is 6.92 Å². The maximum Gasteiger partial charge on any atom is 0.273 e. The Bertz CT molecular complexity index is 1150. The Labute approximate surface area is 157 Å². The van der Waals surface area contributed by atoms with Crippen molar-refractivity contribution in [1.82, 2.24) is 19.9 Å². The van der Waals surface area contributed by atoms with Crippen LogP contribution < -0.4 is 0 Å². The van der Waals surface area contributed by atoms with Crippen LogP contribution in [0.3, 0.4) is 0 Å². The number of rotatable bonds is 4. The highest BCUT2D eigenvalue weighted by Crippen LogP contribution is 2.26. The van der Waals surface area contributed by atoms with Gasteiger partial charge >= 0.3 is 0 Å². The molecule has 0 aromatic carbocycles. The molecule has 1 N–H and O–H groups in total. The van der Waals surface area contributed by atoms with Crippen molar-refractivity contribution in [2.45, 2.75) is 32.6 Å². The van der Waals surface area contributed by atoms with E-state index in [1.165, 1.54) is 37.5 Å². The van der Waals surface area contributed by atoms with E-state index in [0.717, 1.165) is 0 Å². The standard InChI is InChI=1S/C18H22N4O2/c1-12-4-6-14(11-23)22(10-12)18(24)16-15(7-5-13(2)21-16)17-19-8-3-9-20-17/h3,5,7-9,12,14,23H,4,6,10-11H2,1-2H3/t12-,14-/m0/s1/i4D2,6D2,10D2,11D2,12D,14D,23D. The van der Waals surface area contributed by atoms with Crippen molar-refractivity contribution in [2.75, 3.05) is 13.1 Å². The summed E-state index contributed by atoms with van der Waals surface area (Å²) in [6.07, 6.45) is -4.60. The molecule has 6 nitrogen and oxygen atoms in total. The smallest absolute Gasteiger partial charge is 0.273 e. The number of likely N-dealkylation sites (tertiary alicyclic amines) is 1. The summed E-state index contributed by atoms with van der Waals surface area (Å²) in [6, 6.07) is 0.513. The summed E-state index contributed by atoms with van der Waals surface area (Å²) in [5, 5.41) is 3.95. The van der Waals surface area contributed by atoms with Crippen LogP contribution in [0.15, 0.2) is 30.6 Å². The van der Waals surface area contributed by atoms with E-state index < -0.39 is 49.3 Å². The predicted molar refractivity (Wildman–Crippen MR) is 90.3 cm³/mol. The summed E-state index contributed by atoms with van der Waals surface area (Å²) >= 11 is 0. The molecule has 1 aliphatic heterocycles. The van der Waals surface area contributed by atoms with Crippen LogP contribution in [0, 0.1) is 12.8 Å². The van der Waals surface area contributed by atoms with Crippen molar-refractivity contribution >= 4 is 5.91 Å². The topological polar surface area (TPSA) is 79.2 Å². The second-order valence-corrected chi connectivity index (χ2v) is 5.00. The molecule has 0 radical (unpaired) electrons. The van der Waals surface area contributed by atoms with Crippen molar-refractivity contribution in [2.24, 2.45) is 5.89 Å². The van der Waals surface area contributed by atoms with Gasteiger partial charge in [0.2, 0.25) is 1.43 Å². The van der Waals surface area contributed by atoms with Gasteiger partial charge in [-0.05, 0) is 43.8 Å². The van der Waals surface area contributed by atoms with E-state index >= 15 is 0 Å². The highest BCUT2D eigenvalue weighted by molar-refractivity contribution is 5.98. The fraction of sp³-hybridized carbons (Fsp3) is 0.444. The number of aliphatic hydroxyl groups is 1. The minimum atomic E-state index is -3.84. The minimum absolute atomic E-state index is 0.0387. The normalized spacial score (nSPS) is 40.6. The molecular weight excluding hydrogens is 304 g/mol. The van der Waals surface area contributed by atoms with Gasteiger partial charge in [0.25, 0.3) is 5.91 Å². The summed E-state index contributed by atoms with van der Waals surface area (Å²) in [4.78, 5) is 25.8. The Kier molecular flexibility index (Phi) is 2.26. The Morgan fingerprint density at radius 3 is 3.04 bits per heavy atom. The number of hydrogen-bond donors (Lipinski definition) is 1. The molecule has 0 bridgehead atoms. The molecule has 0 aliphatic carbocycles. The van der Waals surface area contributed by atoms with E-state index in [9.17, 15) is 4.79 Å². The van der Waals surface area contributed by atoms with E-state index in [1.807, 2.05) is 0 Å². The van der Waals surface area contributed by atoms with Gasteiger partial charge in [0.1, 0.15) is 5.69 Å². The monoisotopic (exact) mass is 337 g/mol. The van der Waals surface area contributed by atoms with E-state index in [2.05, 4.69) is 20.1 Å². The zero-order chi connectivity index (χ0) is 26.8. The van der Waals surface area contributed by atoms with Crippen LogP contribution in [0.5, 0.6) is 0 Å². The lowest BCUT2D eigenvalue weighted by atomic mass is 9.94. The summed E-state index contributed by atoms with van der Waals surface area (Å²) in [5.41, 5.74) is -0.410. The van der Waals surface area contributed by atoms with Gasteiger partial charge in [-0.25, -0.2) is 15.0 Å². The third kappa shape index (κ3) is 3.28. The number of aryl methyl sites for hydroxylation is 1. The van der Waals surface area contributed by atoms with Crippen LogP contribution in [-0.2, 0) is 0 Å². The Morgan fingerprint density at radius 2 is 2.29 bits per heavy atom. The van der Waals surface area contributed by atoms with E-state index in [-0.39, 0.29) is 22.0 Å². The van der Waals surface area contributed by atoms with Crippen molar-refractivity contribution in [3.8, 4) is 11.4 Å². The number of hydrogen-bond acceptors (Lipinski definition) is 5. The molecule has 1 fully saturated rings. The number of pyridine rings is 1. The number of amides is 1. The summed E-state index contributed by atoms with van der Waals surface area (Å²) < 4.78 is 90.8. The van der Waals surface area contributed by atoms with Gasteiger partial charge in [-0.15, -0.1) is 0 Å². The molecule has 2 aromatic rings. The molecule has 2 aromatic heterocycles. The first-order valence-electron chi connectivity index (χ1n) is 12.5. The van der Waals surface area contributed by atoms with Crippen molar-refractivity contribution in [1.29, 1.82) is 1.43 Å². The largest absolute Gasteiger partial charge is 0.394 e. The number of nitrogens with zero attached hydrogens (tertiary/aromatic N) is 4. The molecule has 2 atom stereocenters. The summed E-state index contributed by atoms with van der Waals surface area (Å²) in [7, 11) is 0. The number of piperidine rings is 1. The molecule has 1 aliphatic rings. The summed E-state index contributed by atoms with van der Waals surface area (Å²) in [6.45, 7) is -5.08. The molecule has 0 saturated carbocycles. The Morgan fingerprint density at radius 1 is 1.50 bits per heavy atom. The molecule has 0 spiro atoms. The second kappa shape index (κ2) is 7.05. The number of aromatic nitrogens is 3. The first-order valence-corrected chi connectivity index (χ1v) is 7.07. The zero-order valence-electron chi connectivity index (χ0n) is 24.0. The lowest BCUT2D eigenvalue weighted by molar-refractivity contribution is 0.0415. The van der Waals surface area contributed by atoms with Crippen LogP contribution in [0.4, 0.5) is 0 Å². The number of carbonyl (C=O) groups excluding carboxylic acids is 1. The highest BCUT2D eigenvalue weighted by Gasteiger charge is 2.32. The van der Waals surface area contributed by atoms with Crippen molar-refractivity contribution in [3.05, 3.63) is 42.0 Å². The highest BCUT2D eigenvalue weighted by atomic mass is 16.3. The third-order valence-corrected chi connectivity index (χ3v) is 3.22.